The van der Waals surface area contributed by atoms with E-state index in [4.69, 9.17) is 16.3 Å². The zero-order valence-electron chi connectivity index (χ0n) is 17.2. The SMILES string of the molecule is COc1ccc2c(C)cc3nnc(SCC(=O)N(C)Cc4c(F)cccc4Cl)n3c2c1. The van der Waals surface area contributed by atoms with Crippen molar-refractivity contribution >= 4 is 45.8 Å². The molecule has 0 aliphatic heterocycles. The molecule has 6 nitrogen and oxygen atoms in total. The summed E-state index contributed by atoms with van der Waals surface area (Å²) in [6, 6.07) is 12.3. The quantitative estimate of drug-likeness (QED) is 0.390. The van der Waals surface area contributed by atoms with Crippen molar-refractivity contribution in [2.24, 2.45) is 0 Å². The molecular formula is C22H20ClFN4O2S. The first-order valence-electron chi connectivity index (χ1n) is 9.51. The molecule has 0 aliphatic rings. The fourth-order valence-corrected chi connectivity index (χ4v) is 4.48. The number of thioether (sulfide) groups is 1. The molecular weight excluding hydrogens is 439 g/mol. The molecule has 4 aromatic rings. The third-order valence-corrected chi connectivity index (χ3v) is 6.35. The largest absolute Gasteiger partial charge is 0.497 e. The second kappa shape index (κ2) is 8.72. The normalized spacial score (nSPS) is 11.3. The lowest BCUT2D eigenvalue weighted by atomic mass is 10.1. The van der Waals surface area contributed by atoms with Crippen LogP contribution in [0.15, 0.2) is 47.6 Å². The van der Waals surface area contributed by atoms with Crippen LogP contribution in [0.1, 0.15) is 11.1 Å². The molecule has 0 spiro atoms. The van der Waals surface area contributed by atoms with Crippen LogP contribution in [0.4, 0.5) is 4.39 Å². The van der Waals surface area contributed by atoms with E-state index in [0.717, 1.165) is 22.2 Å². The molecule has 2 aromatic carbocycles. The maximum absolute atomic E-state index is 14.0. The Morgan fingerprint density at radius 1 is 1.26 bits per heavy atom. The Morgan fingerprint density at radius 3 is 2.81 bits per heavy atom. The van der Waals surface area contributed by atoms with Crippen LogP contribution in [0.2, 0.25) is 5.02 Å². The Bertz CT molecular complexity index is 1270. The van der Waals surface area contributed by atoms with Gasteiger partial charge in [0.25, 0.3) is 0 Å². The second-order valence-corrected chi connectivity index (χ2v) is 8.47. The molecule has 0 N–H and O–H groups in total. The Morgan fingerprint density at radius 2 is 2.06 bits per heavy atom. The Labute approximate surface area is 188 Å². The minimum Gasteiger partial charge on any atom is -0.497 e. The van der Waals surface area contributed by atoms with Crippen molar-refractivity contribution in [3.63, 3.8) is 0 Å². The topological polar surface area (TPSA) is 59.7 Å². The lowest BCUT2D eigenvalue weighted by Crippen LogP contribution is -2.28. The summed E-state index contributed by atoms with van der Waals surface area (Å²) < 4.78 is 21.3. The standard InChI is InChI=1S/C22H20ClFN4O2S/c1-13-9-20-25-26-22(28(20)19-10-14(30-3)7-8-15(13)19)31-12-21(29)27(2)11-16-17(23)5-4-6-18(16)24/h4-10H,11-12H2,1-3H3. The molecule has 31 heavy (non-hydrogen) atoms. The van der Waals surface area contributed by atoms with Crippen LogP contribution in [0.5, 0.6) is 5.75 Å². The smallest absolute Gasteiger partial charge is 0.233 e. The molecule has 160 valence electrons. The molecule has 0 radical (unpaired) electrons. The number of hydrogen-bond acceptors (Lipinski definition) is 5. The molecule has 0 saturated heterocycles. The van der Waals surface area contributed by atoms with Crippen molar-refractivity contribution in [1.29, 1.82) is 0 Å². The van der Waals surface area contributed by atoms with Gasteiger partial charge in [0.1, 0.15) is 11.6 Å². The van der Waals surface area contributed by atoms with E-state index in [0.29, 0.717) is 21.4 Å². The van der Waals surface area contributed by atoms with Crippen molar-refractivity contribution in [3.8, 4) is 5.75 Å². The third-order valence-electron chi connectivity index (χ3n) is 5.08. The van der Waals surface area contributed by atoms with Crippen LogP contribution < -0.4 is 4.74 Å². The molecule has 2 aromatic heterocycles. The summed E-state index contributed by atoms with van der Waals surface area (Å²) in [5, 5.41) is 10.5. The first kappa shape index (κ1) is 21.4. The summed E-state index contributed by atoms with van der Waals surface area (Å²) in [7, 11) is 3.24. The Balaban J connectivity index is 1.57. The van der Waals surface area contributed by atoms with Gasteiger partial charge in [-0.25, -0.2) is 4.39 Å². The lowest BCUT2D eigenvalue weighted by molar-refractivity contribution is -0.127. The number of nitrogens with zero attached hydrogens (tertiary/aromatic N) is 4. The van der Waals surface area contributed by atoms with Gasteiger partial charge in [-0.15, -0.1) is 10.2 Å². The van der Waals surface area contributed by atoms with Gasteiger partial charge in [0, 0.05) is 35.6 Å². The summed E-state index contributed by atoms with van der Waals surface area (Å²) in [5.74, 6) is 0.249. The first-order chi connectivity index (χ1) is 14.9. The van der Waals surface area contributed by atoms with Crippen LogP contribution >= 0.6 is 23.4 Å². The second-order valence-electron chi connectivity index (χ2n) is 7.13. The zero-order chi connectivity index (χ0) is 22.1. The van der Waals surface area contributed by atoms with Crippen LogP contribution in [0.25, 0.3) is 16.6 Å². The highest BCUT2D eigenvalue weighted by molar-refractivity contribution is 7.99. The van der Waals surface area contributed by atoms with E-state index in [2.05, 4.69) is 10.2 Å². The summed E-state index contributed by atoms with van der Waals surface area (Å²) in [6.45, 7) is 2.10. The fraction of sp³-hybridized carbons (Fsp3) is 0.227. The number of carbonyl (C=O) groups is 1. The predicted molar refractivity (Wildman–Crippen MR) is 120 cm³/mol. The number of methoxy groups -OCH3 is 1. The number of rotatable bonds is 6. The highest BCUT2D eigenvalue weighted by Gasteiger charge is 2.17. The molecule has 0 aliphatic carbocycles. The van der Waals surface area contributed by atoms with Crippen LogP contribution in [-0.4, -0.2) is 45.3 Å². The molecule has 9 heteroatoms. The number of pyridine rings is 1. The van der Waals surface area contributed by atoms with Gasteiger partial charge < -0.3 is 9.64 Å². The molecule has 1 amide bonds. The maximum atomic E-state index is 14.0. The van der Waals surface area contributed by atoms with E-state index in [1.165, 1.54) is 28.8 Å². The predicted octanol–water partition coefficient (Wildman–Crippen LogP) is 4.74. The van der Waals surface area contributed by atoms with Crippen LogP contribution in [-0.2, 0) is 11.3 Å². The van der Waals surface area contributed by atoms with Gasteiger partial charge in [-0.2, -0.15) is 0 Å². The minimum atomic E-state index is -0.431. The van der Waals surface area contributed by atoms with E-state index in [-0.39, 0.29) is 18.2 Å². The highest BCUT2D eigenvalue weighted by atomic mass is 35.5. The van der Waals surface area contributed by atoms with Crippen molar-refractivity contribution < 1.29 is 13.9 Å². The molecule has 2 heterocycles. The molecule has 0 unspecified atom stereocenters. The van der Waals surface area contributed by atoms with Gasteiger partial charge >= 0.3 is 0 Å². The van der Waals surface area contributed by atoms with E-state index >= 15 is 0 Å². The molecule has 0 atom stereocenters. The Hall–Kier alpha value is -2.84. The minimum absolute atomic E-state index is 0.0881. The first-order valence-corrected chi connectivity index (χ1v) is 10.9. The summed E-state index contributed by atoms with van der Waals surface area (Å²) in [5.41, 5.74) is 2.97. The number of ether oxygens (including phenoxy) is 1. The molecule has 4 rings (SSSR count). The number of halogens is 2. The lowest BCUT2D eigenvalue weighted by Gasteiger charge is -2.18. The number of hydrogen-bond donors (Lipinski definition) is 0. The Kier molecular flexibility index (Phi) is 6.02. The third kappa shape index (κ3) is 4.18. The van der Waals surface area contributed by atoms with Gasteiger partial charge in [0.05, 0.1) is 18.4 Å². The number of carbonyl (C=O) groups excluding carboxylic acids is 1. The monoisotopic (exact) mass is 458 g/mol. The van der Waals surface area contributed by atoms with Gasteiger partial charge in [0.15, 0.2) is 10.8 Å². The number of benzene rings is 2. The summed E-state index contributed by atoms with van der Waals surface area (Å²) in [4.78, 5) is 14.1. The summed E-state index contributed by atoms with van der Waals surface area (Å²) in [6.07, 6.45) is 0. The summed E-state index contributed by atoms with van der Waals surface area (Å²) >= 11 is 7.36. The van der Waals surface area contributed by atoms with Gasteiger partial charge in [-0.3, -0.25) is 9.20 Å². The molecule has 0 fully saturated rings. The van der Waals surface area contributed by atoms with Gasteiger partial charge in [-0.1, -0.05) is 29.4 Å². The van der Waals surface area contributed by atoms with Gasteiger partial charge in [-0.05, 0) is 42.8 Å². The number of aromatic nitrogens is 3. The maximum Gasteiger partial charge on any atom is 0.233 e. The average molecular weight is 459 g/mol. The van der Waals surface area contributed by atoms with Crippen LogP contribution in [0, 0.1) is 12.7 Å². The van der Waals surface area contributed by atoms with E-state index in [1.807, 2.05) is 35.6 Å². The van der Waals surface area contributed by atoms with Crippen molar-refractivity contribution in [2.45, 2.75) is 18.6 Å². The van der Waals surface area contributed by atoms with Crippen LogP contribution in [0.3, 0.4) is 0 Å². The molecule has 0 bridgehead atoms. The average Bonchev–Trinajstić information content (AvgIpc) is 3.17. The fourth-order valence-electron chi connectivity index (χ4n) is 3.37. The van der Waals surface area contributed by atoms with Crippen molar-refractivity contribution in [1.82, 2.24) is 19.5 Å². The van der Waals surface area contributed by atoms with Crippen molar-refractivity contribution in [3.05, 3.63) is 64.4 Å². The molecule has 0 saturated carbocycles. The van der Waals surface area contributed by atoms with E-state index in [1.54, 1.807) is 20.2 Å². The van der Waals surface area contributed by atoms with E-state index < -0.39 is 5.82 Å². The number of fused-ring (bicyclic) bond motifs is 3. The van der Waals surface area contributed by atoms with Gasteiger partial charge in [0.2, 0.25) is 5.91 Å². The number of aryl methyl sites for hydroxylation is 1. The number of amides is 1. The zero-order valence-corrected chi connectivity index (χ0v) is 18.8. The van der Waals surface area contributed by atoms with E-state index in [9.17, 15) is 9.18 Å². The van der Waals surface area contributed by atoms with Crippen molar-refractivity contribution in [2.75, 3.05) is 19.9 Å². The highest BCUT2D eigenvalue weighted by Crippen LogP contribution is 2.29.